The van der Waals surface area contributed by atoms with Gasteiger partial charge in [-0.05, 0) is 50.2 Å². The summed E-state index contributed by atoms with van der Waals surface area (Å²) in [5.41, 5.74) is 1.72. The number of hydrogen-bond acceptors (Lipinski definition) is 6. The Morgan fingerprint density at radius 2 is 1.62 bits per heavy atom. The number of nitrogens with zero attached hydrogens (tertiary/aromatic N) is 1. The number of esters is 1. The fourth-order valence-corrected chi connectivity index (χ4v) is 2.90. The molecule has 7 nitrogen and oxygen atoms in total. The molecule has 29 heavy (non-hydrogen) atoms. The Hall–Kier alpha value is -3.06. The van der Waals surface area contributed by atoms with Gasteiger partial charge in [0.05, 0.1) is 13.2 Å². The molecule has 0 unspecified atom stereocenters. The van der Waals surface area contributed by atoms with Gasteiger partial charge in [0.25, 0.3) is 5.91 Å². The summed E-state index contributed by atoms with van der Waals surface area (Å²) in [7, 11) is 0. The van der Waals surface area contributed by atoms with Crippen LogP contribution in [0.25, 0.3) is 0 Å². The summed E-state index contributed by atoms with van der Waals surface area (Å²) in [5.74, 6) is -0.432. The van der Waals surface area contributed by atoms with Crippen LogP contribution in [-0.2, 0) is 19.1 Å². The van der Waals surface area contributed by atoms with E-state index < -0.39 is 24.1 Å². The van der Waals surface area contributed by atoms with Crippen molar-refractivity contribution in [2.75, 3.05) is 36.5 Å². The number of ether oxygens (including phenoxy) is 3. The number of nitrogens with one attached hydrogen (secondary N) is 1. The van der Waals surface area contributed by atoms with Crippen molar-refractivity contribution in [2.24, 2.45) is 0 Å². The minimum atomic E-state index is -0.941. The van der Waals surface area contributed by atoms with Crippen molar-refractivity contribution in [2.45, 2.75) is 26.1 Å². The van der Waals surface area contributed by atoms with Crippen molar-refractivity contribution >= 4 is 23.3 Å². The highest BCUT2D eigenvalue weighted by Gasteiger charge is 2.23. The first-order valence-electron chi connectivity index (χ1n) is 9.69. The Bertz CT molecular complexity index is 804. The smallest absolute Gasteiger partial charge is 0.347 e. The van der Waals surface area contributed by atoms with Crippen LogP contribution in [0.2, 0.25) is 0 Å². The number of morpholine rings is 1. The summed E-state index contributed by atoms with van der Waals surface area (Å²) in [5, 5.41) is 2.77. The van der Waals surface area contributed by atoms with Gasteiger partial charge in [-0.25, -0.2) is 4.79 Å². The quantitative estimate of drug-likeness (QED) is 0.723. The molecule has 2 aromatic carbocycles. The lowest BCUT2D eigenvalue weighted by molar-refractivity contribution is -0.159. The van der Waals surface area contributed by atoms with Gasteiger partial charge in [-0.2, -0.15) is 0 Å². The van der Waals surface area contributed by atoms with Crippen molar-refractivity contribution in [1.82, 2.24) is 0 Å². The first kappa shape index (κ1) is 20.7. The Kier molecular flexibility index (Phi) is 7.08. The second kappa shape index (κ2) is 9.93. The monoisotopic (exact) mass is 398 g/mol. The van der Waals surface area contributed by atoms with Crippen LogP contribution in [-0.4, -0.2) is 50.4 Å². The molecule has 0 radical (unpaired) electrons. The Labute approximate surface area is 170 Å². The van der Waals surface area contributed by atoms with Crippen LogP contribution < -0.4 is 15.0 Å². The number of para-hydroxylation sites is 1. The maximum atomic E-state index is 12.4. The van der Waals surface area contributed by atoms with E-state index >= 15 is 0 Å². The summed E-state index contributed by atoms with van der Waals surface area (Å²) in [6.45, 7) is 6.25. The highest BCUT2D eigenvalue weighted by molar-refractivity contribution is 5.95. The number of carbonyl (C=O) groups excluding carboxylic acids is 2. The molecule has 1 heterocycles. The first-order valence-corrected chi connectivity index (χ1v) is 9.69. The minimum absolute atomic E-state index is 0.399. The SMILES string of the molecule is C[C@H](OC(=O)[C@H](C)Oc1ccccc1)C(=O)Nc1ccc(N2CCOCC2)cc1. The molecule has 1 saturated heterocycles. The normalized spacial score (nSPS) is 15.9. The summed E-state index contributed by atoms with van der Waals surface area (Å²) in [6.07, 6.45) is -1.76. The molecule has 0 saturated carbocycles. The molecule has 2 aromatic rings. The van der Waals surface area contributed by atoms with Gasteiger partial charge in [0.1, 0.15) is 5.75 Å². The van der Waals surface area contributed by atoms with E-state index in [1.807, 2.05) is 42.5 Å². The third kappa shape index (κ3) is 5.96. The summed E-state index contributed by atoms with van der Waals surface area (Å²) >= 11 is 0. The molecule has 1 N–H and O–H groups in total. The average molecular weight is 398 g/mol. The molecule has 1 fully saturated rings. The second-order valence-electron chi connectivity index (χ2n) is 6.79. The fourth-order valence-electron chi connectivity index (χ4n) is 2.90. The van der Waals surface area contributed by atoms with Gasteiger partial charge >= 0.3 is 5.97 Å². The van der Waals surface area contributed by atoms with Crippen LogP contribution >= 0.6 is 0 Å². The highest BCUT2D eigenvalue weighted by atomic mass is 16.6. The van der Waals surface area contributed by atoms with Gasteiger partial charge in [-0.15, -0.1) is 0 Å². The van der Waals surface area contributed by atoms with E-state index in [1.54, 1.807) is 19.1 Å². The van der Waals surface area contributed by atoms with E-state index in [9.17, 15) is 9.59 Å². The van der Waals surface area contributed by atoms with Crippen LogP contribution in [0.3, 0.4) is 0 Å². The molecule has 0 aliphatic carbocycles. The maximum absolute atomic E-state index is 12.4. The van der Waals surface area contributed by atoms with Gasteiger partial charge < -0.3 is 24.4 Å². The zero-order chi connectivity index (χ0) is 20.6. The molecule has 3 rings (SSSR count). The molecule has 1 amide bonds. The van der Waals surface area contributed by atoms with Gasteiger partial charge in [0, 0.05) is 24.5 Å². The summed E-state index contributed by atoms with van der Waals surface area (Å²) in [6, 6.07) is 16.6. The lowest BCUT2D eigenvalue weighted by Gasteiger charge is -2.29. The molecule has 154 valence electrons. The molecule has 0 bridgehead atoms. The molecule has 0 spiro atoms. The second-order valence-corrected chi connectivity index (χ2v) is 6.79. The van der Waals surface area contributed by atoms with Crippen molar-refractivity contribution in [1.29, 1.82) is 0 Å². The third-order valence-corrected chi connectivity index (χ3v) is 4.56. The van der Waals surface area contributed by atoms with Crippen molar-refractivity contribution in [3.05, 3.63) is 54.6 Å². The number of amides is 1. The van der Waals surface area contributed by atoms with Crippen molar-refractivity contribution in [3.8, 4) is 5.75 Å². The fraction of sp³-hybridized carbons (Fsp3) is 0.364. The summed E-state index contributed by atoms with van der Waals surface area (Å²) in [4.78, 5) is 26.8. The molecule has 0 aromatic heterocycles. The van der Waals surface area contributed by atoms with Crippen LogP contribution in [0.15, 0.2) is 54.6 Å². The standard InChI is InChI=1S/C22H26N2O5/c1-16(29-22(26)17(2)28-20-6-4-3-5-7-20)21(25)23-18-8-10-19(11-9-18)24-12-14-27-15-13-24/h3-11,16-17H,12-15H2,1-2H3,(H,23,25)/t16-,17-/m0/s1. The van der Waals surface area contributed by atoms with Gasteiger partial charge in [-0.3, -0.25) is 4.79 Å². The number of rotatable bonds is 7. The largest absolute Gasteiger partial charge is 0.479 e. The maximum Gasteiger partial charge on any atom is 0.347 e. The van der Waals surface area contributed by atoms with E-state index in [0.29, 0.717) is 24.7 Å². The number of hydrogen-bond donors (Lipinski definition) is 1. The van der Waals surface area contributed by atoms with Gasteiger partial charge in [0.15, 0.2) is 12.2 Å². The predicted octanol–water partition coefficient (Wildman–Crippen LogP) is 2.86. The van der Waals surface area contributed by atoms with Crippen molar-refractivity contribution < 1.29 is 23.8 Å². The average Bonchev–Trinajstić information content (AvgIpc) is 2.75. The van der Waals surface area contributed by atoms with E-state index in [4.69, 9.17) is 14.2 Å². The number of anilines is 2. The Morgan fingerprint density at radius 3 is 2.28 bits per heavy atom. The van der Waals surface area contributed by atoms with E-state index in [1.165, 1.54) is 6.92 Å². The van der Waals surface area contributed by atoms with Crippen LogP contribution in [0.5, 0.6) is 5.75 Å². The molecule has 7 heteroatoms. The van der Waals surface area contributed by atoms with E-state index in [-0.39, 0.29) is 0 Å². The highest BCUT2D eigenvalue weighted by Crippen LogP contribution is 2.19. The Balaban J connectivity index is 1.48. The Morgan fingerprint density at radius 1 is 0.966 bits per heavy atom. The lowest BCUT2D eigenvalue weighted by atomic mass is 10.2. The van der Waals surface area contributed by atoms with Gasteiger partial charge in [-0.1, -0.05) is 18.2 Å². The lowest BCUT2D eigenvalue weighted by Crippen LogP contribution is -2.36. The molecule has 1 aliphatic rings. The number of carbonyl (C=O) groups is 2. The van der Waals surface area contributed by atoms with E-state index in [0.717, 1.165) is 18.8 Å². The number of benzene rings is 2. The zero-order valence-corrected chi connectivity index (χ0v) is 16.7. The van der Waals surface area contributed by atoms with Crippen molar-refractivity contribution in [3.63, 3.8) is 0 Å². The van der Waals surface area contributed by atoms with Crippen LogP contribution in [0, 0.1) is 0 Å². The topological polar surface area (TPSA) is 77.1 Å². The van der Waals surface area contributed by atoms with Gasteiger partial charge in [0.2, 0.25) is 0 Å². The molecule has 1 aliphatic heterocycles. The molecular formula is C22H26N2O5. The van der Waals surface area contributed by atoms with E-state index in [2.05, 4.69) is 10.2 Å². The van der Waals surface area contributed by atoms with Crippen LogP contribution in [0.1, 0.15) is 13.8 Å². The predicted molar refractivity (Wildman–Crippen MR) is 110 cm³/mol. The first-order chi connectivity index (χ1) is 14.0. The zero-order valence-electron chi connectivity index (χ0n) is 16.7. The summed E-state index contributed by atoms with van der Waals surface area (Å²) < 4.78 is 16.1. The third-order valence-electron chi connectivity index (χ3n) is 4.56. The van der Waals surface area contributed by atoms with Crippen LogP contribution in [0.4, 0.5) is 11.4 Å². The molecule has 2 atom stereocenters. The minimum Gasteiger partial charge on any atom is -0.479 e. The molecular weight excluding hydrogens is 372 g/mol.